The summed E-state index contributed by atoms with van der Waals surface area (Å²) in [5, 5.41) is 8.39. The molecule has 19 heavy (non-hydrogen) atoms. The van der Waals surface area contributed by atoms with Crippen LogP contribution in [0.4, 0.5) is 0 Å². The van der Waals surface area contributed by atoms with Gasteiger partial charge in [-0.2, -0.15) is 5.10 Å². The molecule has 1 atom stereocenters. The highest BCUT2D eigenvalue weighted by atomic mass is 15.3. The molecular formula is C16H29N3. The molecule has 1 aromatic rings. The Morgan fingerprint density at radius 2 is 2.16 bits per heavy atom. The Morgan fingerprint density at radius 1 is 1.37 bits per heavy atom. The standard InChI is InChI=1S/C16H29N3/c1-4-9-17-15(10-13-7-8-13)12-16-11-14(5-2)18-19(16)6-3/h11,13,15,17H,4-10,12H2,1-3H3. The summed E-state index contributed by atoms with van der Waals surface area (Å²) < 4.78 is 2.19. The zero-order chi connectivity index (χ0) is 13.7. The van der Waals surface area contributed by atoms with Gasteiger partial charge in [-0.05, 0) is 44.7 Å². The molecule has 1 fully saturated rings. The summed E-state index contributed by atoms with van der Waals surface area (Å²) in [4.78, 5) is 0. The predicted octanol–water partition coefficient (Wildman–Crippen LogP) is 3.18. The highest BCUT2D eigenvalue weighted by Gasteiger charge is 2.26. The molecular weight excluding hydrogens is 234 g/mol. The van der Waals surface area contributed by atoms with Crippen LogP contribution in [0.2, 0.25) is 0 Å². The normalized spacial score (nSPS) is 16.8. The highest BCUT2D eigenvalue weighted by Crippen LogP contribution is 2.34. The van der Waals surface area contributed by atoms with Crippen LogP contribution in [-0.2, 0) is 19.4 Å². The second kappa shape index (κ2) is 7.09. The molecule has 108 valence electrons. The quantitative estimate of drug-likeness (QED) is 0.741. The van der Waals surface area contributed by atoms with E-state index in [0.717, 1.165) is 31.8 Å². The largest absolute Gasteiger partial charge is 0.314 e. The molecule has 3 nitrogen and oxygen atoms in total. The Labute approximate surface area is 117 Å². The van der Waals surface area contributed by atoms with Crippen molar-refractivity contribution in [2.24, 2.45) is 5.92 Å². The molecule has 1 saturated carbocycles. The number of hydrogen-bond donors (Lipinski definition) is 1. The van der Waals surface area contributed by atoms with Gasteiger partial charge in [0.2, 0.25) is 0 Å². The maximum absolute atomic E-state index is 4.66. The number of nitrogens with zero attached hydrogens (tertiary/aromatic N) is 2. The van der Waals surface area contributed by atoms with Crippen molar-refractivity contribution in [1.29, 1.82) is 0 Å². The Bertz CT molecular complexity index is 379. The van der Waals surface area contributed by atoms with Crippen LogP contribution >= 0.6 is 0 Å². The summed E-state index contributed by atoms with van der Waals surface area (Å²) in [7, 11) is 0. The van der Waals surface area contributed by atoms with Gasteiger partial charge in [0.25, 0.3) is 0 Å². The molecule has 0 radical (unpaired) electrons. The third-order valence-electron chi connectivity index (χ3n) is 4.03. The van der Waals surface area contributed by atoms with Crippen molar-refractivity contribution in [2.75, 3.05) is 6.54 Å². The van der Waals surface area contributed by atoms with Gasteiger partial charge < -0.3 is 5.32 Å². The molecule has 1 unspecified atom stereocenters. The lowest BCUT2D eigenvalue weighted by atomic mass is 10.0. The number of aryl methyl sites for hydroxylation is 2. The fourth-order valence-corrected chi connectivity index (χ4v) is 2.72. The van der Waals surface area contributed by atoms with Gasteiger partial charge in [0, 0.05) is 24.7 Å². The van der Waals surface area contributed by atoms with Crippen LogP contribution in [0.5, 0.6) is 0 Å². The van der Waals surface area contributed by atoms with E-state index in [1.807, 2.05) is 0 Å². The zero-order valence-electron chi connectivity index (χ0n) is 12.8. The van der Waals surface area contributed by atoms with Gasteiger partial charge in [0.05, 0.1) is 5.69 Å². The third kappa shape index (κ3) is 4.34. The minimum atomic E-state index is 0.638. The van der Waals surface area contributed by atoms with E-state index >= 15 is 0 Å². The molecule has 0 saturated heterocycles. The average Bonchev–Trinajstić information content (AvgIpc) is 3.14. The van der Waals surface area contributed by atoms with Gasteiger partial charge in [-0.3, -0.25) is 4.68 Å². The van der Waals surface area contributed by atoms with E-state index in [2.05, 4.69) is 41.9 Å². The van der Waals surface area contributed by atoms with E-state index in [1.165, 1.54) is 37.1 Å². The van der Waals surface area contributed by atoms with E-state index < -0.39 is 0 Å². The van der Waals surface area contributed by atoms with Crippen LogP contribution in [0.15, 0.2) is 6.07 Å². The van der Waals surface area contributed by atoms with E-state index in [1.54, 1.807) is 0 Å². The number of rotatable bonds is 9. The Balaban J connectivity index is 1.99. The predicted molar refractivity (Wildman–Crippen MR) is 80.4 cm³/mol. The molecule has 0 bridgehead atoms. The Hall–Kier alpha value is -0.830. The first-order valence-corrected chi connectivity index (χ1v) is 8.05. The second-order valence-electron chi connectivity index (χ2n) is 5.83. The number of hydrogen-bond acceptors (Lipinski definition) is 2. The molecule has 0 spiro atoms. The fourth-order valence-electron chi connectivity index (χ4n) is 2.72. The van der Waals surface area contributed by atoms with Gasteiger partial charge in [0.15, 0.2) is 0 Å². The minimum absolute atomic E-state index is 0.638. The van der Waals surface area contributed by atoms with Crippen LogP contribution in [0.3, 0.4) is 0 Å². The molecule has 0 amide bonds. The van der Waals surface area contributed by atoms with Crippen molar-refractivity contribution in [3.05, 3.63) is 17.5 Å². The van der Waals surface area contributed by atoms with Crippen molar-refractivity contribution in [1.82, 2.24) is 15.1 Å². The third-order valence-corrected chi connectivity index (χ3v) is 4.03. The first-order chi connectivity index (χ1) is 9.26. The van der Waals surface area contributed by atoms with Crippen LogP contribution < -0.4 is 5.32 Å². The Kier molecular flexibility index (Phi) is 5.44. The van der Waals surface area contributed by atoms with Crippen molar-refractivity contribution in [3.8, 4) is 0 Å². The summed E-state index contributed by atoms with van der Waals surface area (Å²) in [5.41, 5.74) is 2.64. The molecule has 1 N–H and O–H groups in total. The Morgan fingerprint density at radius 3 is 2.74 bits per heavy atom. The molecule has 0 aliphatic heterocycles. The van der Waals surface area contributed by atoms with Crippen LogP contribution in [0.25, 0.3) is 0 Å². The first-order valence-electron chi connectivity index (χ1n) is 8.05. The monoisotopic (exact) mass is 263 g/mol. The number of nitrogens with one attached hydrogen (secondary N) is 1. The van der Waals surface area contributed by atoms with Crippen LogP contribution in [0, 0.1) is 5.92 Å². The molecule has 1 heterocycles. The van der Waals surface area contributed by atoms with Crippen molar-refractivity contribution in [2.45, 2.75) is 71.9 Å². The smallest absolute Gasteiger partial charge is 0.0624 e. The van der Waals surface area contributed by atoms with Crippen molar-refractivity contribution >= 4 is 0 Å². The van der Waals surface area contributed by atoms with Gasteiger partial charge in [-0.25, -0.2) is 0 Å². The molecule has 1 aromatic heterocycles. The molecule has 1 aliphatic rings. The lowest BCUT2D eigenvalue weighted by Crippen LogP contribution is -2.33. The molecule has 3 heteroatoms. The summed E-state index contributed by atoms with van der Waals surface area (Å²) >= 11 is 0. The lowest BCUT2D eigenvalue weighted by Gasteiger charge is -2.18. The van der Waals surface area contributed by atoms with Gasteiger partial charge in [-0.15, -0.1) is 0 Å². The average molecular weight is 263 g/mol. The molecule has 1 aliphatic carbocycles. The summed E-state index contributed by atoms with van der Waals surface area (Å²) in [6.07, 6.45) is 7.62. The molecule has 2 rings (SSSR count). The highest BCUT2D eigenvalue weighted by molar-refractivity contribution is 5.12. The minimum Gasteiger partial charge on any atom is -0.314 e. The molecule has 0 aromatic carbocycles. The number of aromatic nitrogens is 2. The SMILES string of the molecule is CCCNC(Cc1cc(CC)nn1CC)CC1CC1. The maximum Gasteiger partial charge on any atom is 0.0624 e. The topological polar surface area (TPSA) is 29.9 Å². The van der Waals surface area contributed by atoms with E-state index in [-0.39, 0.29) is 0 Å². The van der Waals surface area contributed by atoms with Gasteiger partial charge >= 0.3 is 0 Å². The summed E-state index contributed by atoms with van der Waals surface area (Å²) in [5.74, 6) is 0.984. The second-order valence-corrected chi connectivity index (χ2v) is 5.83. The van der Waals surface area contributed by atoms with E-state index in [9.17, 15) is 0 Å². The van der Waals surface area contributed by atoms with Crippen molar-refractivity contribution in [3.63, 3.8) is 0 Å². The van der Waals surface area contributed by atoms with Crippen molar-refractivity contribution < 1.29 is 0 Å². The first kappa shape index (κ1) is 14.6. The maximum atomic E-state index is 4.66. The van der Waals surface area contributed by atoms with E-state index in [4.69, 9.17) is 0 Å². The van der Waals surface area contributed by atoms with Gasteiger partial charge in [-0.1, -0.05) is 26.7 Å². The summed E-state index contributed by atoms with van der Waals surface area (Å²) in [6.45, 7) is 8.73. The van der Waals surface area contributed by atoms with Gasteiger partial charge in [0.1, 0.15) is 0 Å². The zero-order valence-corrected chi connectivity index (χ0v) is 12.8. The van der Waals surface area contributed by atoms with E-state index in [0.29, 0.717) is 6.04 Å². The summed E-state index contributed by atoms with van der Waals surface area (Å²) in [6, 6.07) is 2.94. The van der Waals surface area contributed by atoms with Crippen LogP contribution in [0.1, 0.15) is 57.8 Å². The van der Waals surface area contributed by atoms with Crippen LogP contribution in [-0.4, -0.2) is 22.4 Å². The fraction of sp³-hybridized carbons (Fsp3) is 0.812. The lowest BCUT2D eigenvalue weighted by molar-refractivity contribution is 0.441.